The highest BCUT2D eigenvalue weighted by molar-refractivity contribution is 5.84. The predicted octanol–water partition coefficient (Wildman–Crippen LogP) is 1.94. The number of methoxy groups -OCH3 is 1. The van der Waals surface area contributed by atoms with Crippen molar-refractivity contribution in [1.82, 2.24) is 15.4 Å². The molecule has 0 bridgehead atoms. The molecule has 1 heterocycles. The van der Waals surface area contributed by atoms with E-state index < -0.39 is 23.8 Å². The number of esters is 1. The van der Waals surface area contributed by atoms with Gasteiger partial charge in [-0.15, -0.1) is 0 Å². The number of ether oxygens (including phenoxy) is 1. The zero-order chi connectivity index (χ0) is 17.6. The van der Waals surface area contributed by atoms with Crippen molar-refractivity contribution in [1.29, 1.82) is 0 Å². The van der Waals surface area contributed by atoms with Crippen LogP contribution >= 0.6 is 0 Å². The molecule has 7 nitrogen and oxygen atoms in total. The van der Waals surface area contributed by atoms with Crippen LogP contribution in [0.2, 0.25) is 0 Å². The molecule has 0 amide bonds. The summed E-state index contributed by atoms with van der Waals surface area (Å²) in [6, 6.07) is 9.39. The minimum Gasteiger partial charge on any atom is -0.466 e. The number of nitrogens with one attached hydrogen (secondary N) is 3. The number of hydrazine groups is 1. The number of hydrogen-bond acceptors (Lipinski definition) is 7. The van der Waals surface area contributed by atoms with Crippen LogP contribution in [0.3, 0.4) is 0 Å². The third-order valence-electron chi connectivity index (χ3n) is 2.95. The van der Waals surface area contributed by atoms with Crippen LogP contribution in [0.25, 0.3) is 0 Å². The molecule has 0 spiro atoms. The Morgan fingerprint density at radius 3 is 2.25 bits per heavy atom. The average molecular weight is 341 g/mol. The maximum atomic E-state index is 13.7. The van der Waals surface area contributed by atoms with Gasteiger partial charge in [0.1, 0.15) is 0 Å². The molecule has 1 aromatic heterocycles. The maximum Gasteiger partial charge on any atom is 0.438 e. The summed E-state index contributed by atoms with van der Waals surface area (Å²) in [6.07, 6.45) is -2.60. The van der Waals surface area contributed by atoms with Crippen LogP contribution in [0.15, 0.2) is 48.8 Å². The molecule has 1 atom stereocenters. The van der Waals surface area contributed by atoms with Crippen LogP contribution in [0.5, 0.6) is 0 Å². The van der Waals surface area contributed by atoms with Gasteiger partial charge in [-0.05, 0) is 18.2 Å². The number of halogens is 3. The van der Waals surface area contributed by atoms with Gasteiger partial charge < -0.3 is 15.5 Å². The van der Waals surface area contributed by atoms with Gasteiger partial charge in [0.25, 0.3) is 0 Å². The van der Waals surface area contributed by atoms with Crippen molar-refractivity contribution < 1.29 is 22.7 Å². The second-order valence-electron chi connectivity index (χ2n) is 4.55. The Hall–Kier alpha value is -2.88. The van der Waals surface area contributed by atoms with Gasteiger partial charge in [-0.25, -0.2) is 14.8 Å². The normalized spacial score (nSPS) is 13.7. The zero-order valence-corrected chi connectivity index (χ0v) is 12.5. The number of hydrogen-bond donors (Lipinski definition) is 3. The van der Waals surface area contributed by atoms with E-state index in [1.807, 2.05) is 10.7 Å². The maximum absolute atomic E-state index is 13.7. The summed E-state index contributed by atoms with van der Waals surface area (Å²) in [5.41, 5.74) is 1.30. The number of alkyl halides is 3. The van der Waals surface area contributed by atoms with E-state index in [1.165, 1.54) is 30.6 Å². The quantitative estimate of drug-likeness (QED) is 0.420. The summed E-state index contributed by atoms with van der Waals surface area (Å²) >= 11 is 0. The van der Waals surface area contributed by atoms with E-state index in [1.54, 1.807) is 18.2 Å². The van der Waals surface area contributed by atoms with E-state index in [4.69, 9.17) is 0 Å². The minimum absolute atomic E-state index is 0.311. The van der Waals surface area contributed by atoms with E-state index in [9.17, 15) is 18.0 Å². The lowest BCUT2D eigenvalue weighted by atomic mass is 10.1. The van der Waals surface area contributed by atoms with E-state index in [0.29, 0.717) is 5.69 Å². The lowest BCUT2D eigenvalue weighted by Crippen LogP contribution is -2.69. The number of benzene rings is 1. The Morgan fingerprint density at radius 1 is 1.08 bits per heavy atom. The van der Waals surface area contributed by atoms with Gasteiger partial charge in [-0.3, -0.25) is 0 Å². The van der Waals surface area contributed by atoms with Crippen LogP contribution in [0, 0.1) is 0 Å². The zero-order valence-electron chi connectivity index (χ0n) is 12.5. The molecule has 0 saturated heterocycles. The molecule has 0 radical (unpaired) electrons. The summed E-state index contributed by atoms with van der Waals surface area (Å²) < 4.78 is 45.4. The summed E-state index contributed by atoms with van der Waals surface area (Å²) in [4.78, 5) is 19.2. The molecule has 2 rings (SSSR count). The standard InChI is InChI=1S/C14H14F3N5O2/c1-24-11(23)13(14(15,16)17,20-12-18-8-5-9-19-12)22-21-10-6-3-2-4-7-10/h2-9,21-22H,1H3,(H,18,19,20). The van der Waals surface area contributed by atoms with Gasteiger partial charge in [0.15, 0.2) is 0 Å². The molecule has 0 aliphatic heterocycles. The van der Waals surface area contributed by atoms with Crippen molar-refractivity contribution in [2.45, 2.75) is 11.8 Å². The number of anilines is 2. The Labute approximate surface area is 135 Å². The van der Waals surface area contributed by atoms with E-state index in [2.05, 4.69) is 20.1 Å². The highest BCUT2D eigenvalue weighted by Gasteiger charge is 2.63. The third kappa shape index (κ3) is 3.71. The Kier molecular flexibility index (Phi) is 5.19. The van der Waals surface area contributed by atoms with Crippen molar-refractivity contribution in [3.05, 3.63) is 48.8 Å². The Morgan fingerprint density at radius 2 is 1.71 bits per heavy atom. The molecule has 24 heavy (non-hydrogen) atoms. The number of rotatable bonds is 6. The highest BCUT2D eigenvalue weighted by atomic mass is 19.4. The highest BCUT2D eigenvalue weighted by Crippen LogP contribution is 2.32. The van der Waals surface area contributed by atoms with E-state index >= 15 is 0 Å². The molecule has 1 unspecified atom stereocenters. The summed E-state index contributed by atoms with van der Waals surface area (Å²) in [7, 11) is 0.848. The van der Waals surface area contributed by atoms with Gasteiger partial charge in [0, 0.05) is 18.1 Å². The largest absolute Gasteiger partial charge is 0.466 e. The van der Waals surface area contributed by atoms with E-state index in [0.717, 1.165) is 7.11 Å². The second kappa shape index (κ2) is 7.13. The van der Waals surface area contributed by atoms with Crippen LogP contribution < -0.4 is 16.2 Å². The first kappa shape index (κ1) is 17.5. The summed E-state index contributed by atoms with van der Waals surface area (Å²) in [5.74, 6) is -2.01. The Bertz CT molecular complexity index is 669. The smallest absolute Gasteiger partial charge is 0.438 e. The minimum atomic E-state index is -5.07. The fraction of sp³-hybridized carbons (Fsp3) is 0.214. The van der Waals surface area contributed by atoms with Crippen molar-refractivity contribution in [2.24, 2.45) is 0 Å². The SMILES string of the molecule is COC(=O)C(NNc1ccccc1)(Nc1ncccn1)C(F)(F)F. The van der Waals surface area contributed by atoms with Crippen molar-refractivity contribution in [3.8, 4) is 0 Å². The van der Waals surface area contributed by atoms with Crippen LogP contribution in [-0.4, -0.2) is 34.9 Å². The average Bonchev–Trinajstić information content (AvgIpc) is 2.58. The van der Waals surface area contributed by atoms with Gasteiger partial charge in [-0.2, -0.15) is 18.6 Å². The van der Waals surface area contributed by atoms with Gasteiger partial charge in [0.2, 0.25) is 5.95 Å². The third-order valence-corrected chi connectivity index (χ3v) is 2.95. The molecule has 10 heteroatoms. The number of para-hydroxylation sites is 1. The number of carbonyl (C=O) groups excluding carboxylic acids is 1. The Balaban J connectivity index is 2.36. The number of nitrogens with zero attached hydrogens (tertiary/aromatic N) is 2. The topological polar surface area (TPSA) is 88.2 Å². The molecule has 2 aromatic rings. The lowest BCUT2D eigenvalue weighted by Gasteiger charge is -2.34. The van der Waals surface area contributed by atoms with Crippen molar-refractivity contribution >= 4 is 17.6 Å². The molecule has 0 saturated carbocycles. The van der Waals surface area contributed by atoms with Crippen LogP contribution in [0.4, 0.5) is 24.8 Å². The molecule has 0 aliphatic rings. The summed E-state index contributed by atoms with van der Waals surface area (Å²) in [6.45, 7) is 0. The predicted molar refractivity (Wildman–Crippen MR) is 79.7 cm³/mol. The van der Waals surface area contributed by atoms with Gasteiger partial charge in [0.05, 0.1) is 7.11 Å². The van der Waals surface area contributed by atoms with Crippen LogP contribution in [-0.2, 0) is 9.53 Å². The molecular formula is C14H14F3N5O2. The van der Waals surface area contributed by atoms with Gasteiger partial charge >= 0.3 is 17.8 Å². The van der Waals surface area contributed by atoms with Gasteiger partial charge in [-0.1, -0.05) is 18.2 Å². The number of carbonyl (C=O) groups is 1. The molecule has 3 N–H and O–H groups in total. The first-order chi connectivity index (χ1) is 11.4. The molecule has 0 fully saturated rings. The fourth-order valence-corrected chi connectivity index (χ4v) is 1.76. The molecule has 128 valence electrons. The first-order valence-corrected chi connectivity index (χ1v) is 6.67. The molecule has 0 aliphatic carbocycles. The summed E-state index contributed by atoms with van der Waals surface area (Å²) in [5, 5.41) is 1.96. The van der Waals surface area contributed by atoms with Crippen molar-refractivity contribution in [3.63, 3.8) is 0 Å². The van der Waals surface area contributed by atoms with E-state index in [-0.39, 0.29) is 0 Å². The second-order valence-corrected chi connectivity index (χ2v) is 4.55. The molecular weight excluding hydrogens is 327 g/mol. The van der Waals surface area contributed by atoms with Crippen molar-refractivity contribution in [2.75, 3.05) is 17.9 Å². The van der Waals surface area contributed by atoms with Crippen LogP contribution in [0.1, 0.15) is 0 Å². The first-order valence-electron chi connectivity index (χ1n) is 6.67. The number of aromatic nitrogens is 2. The monoisotopic (exact) mass is 341 g/mol. The fourth-order valence-electron chi connectivity index (χ4n) is 1.76. The lowest BCUT2D eigenvalue weighted by molar-refractivity contribution is -0.204. The molecule has 1 aromatic carbocycles.